The maximum absolute atomic E-state index is 11.7. The first kappa shape index (κ1) is 13.5. The van der Waals surface area contributed by atoms with E-state index in [2.05, 4.69) is 0 Å². The van der Waals surface area contributed by atoms with Crippen LogP contribution >= 0.6 is 35.0 Å². The fraction of sp³-hybridized carbons (Fsp3) is 0.400. The number of hydrogen-bond donors (Lipinski definition) is 0. The van der Waals surface area contributed by atoms with Gasteiger partial charge in [0.25, 0.3) is 0 Å². The topological polar surface area (TPSA) is 37.4 Å². The van der Waals surface area contributed by atoms with Crippen molar-refractivity contribution >= 4 is 45.0 Å². The Morgan fingerprint density at radius 3 is 2.76 bits per heavy atom. The molecule has 1 aliphatic heterocycles. The number of halogens is 2. The first-order valence-electron chi connectivity index (χ1n) is 4.93. The van der Waals surface area contributed by atoms with Crippen LogP contribution in [0.15, 0.2) is 18.2 Å². The van der Waals surface area contributed by atoms with Gasteiger partial charge in [-0.15, -0.1) is 11.8 Å². The predicted octanol–water partition coefficient (Wildman–Crippen LogP) is 3.00. The van der Waals surface area contributed by atoms with Gasteiger partial charge in [0.05, 0.1) is 21.7 Å². The summed E-state index contributed by atoms with van der Waals surface area (Å²) in [5.41, 5.74) is 0.757. The van der Waals surface area contributed by atoms with Gasteiger partial charge in [0.1, 0.15) is 0 Å². The number of rotatable bonds is 2. The molecule has 1 atom stereocenters. The molecular weight excluding hydrogens is 301 g/mol. The predicted molar refractivity (Wildman–Crippen MR) is 73.2 cm³/mol. The van der Waals surface area contributed by atoms with Crippen LogP contribution in [-0.2, 0) is 10.0 Å². The van der Waals surface area contributed by atoms with E-state index >= 15 is 0 Å². The summed E-state index contributed by atoms with van der Waals surface area (Å²) in [4.78, 5) is 0. The maximum Gasteiger partial charge on any atom is 0.212 e. The van der Waals surface area contributed by atoms with E-state index in [0.717, 1.165) is 11.3 Å². The largest absolute Gasteiger partial charge is 0.212 e. The Kier molecular flexibility index (Phi) is 3.95. The van der Waals surface area contributed by atoms with E-state index in [0.29, 0.717) is 16.6 Å². The second-order valence-corrected chi connectivity index (χ2v) is 7.65. The number of benzene rings is 1. The Bertz CT molecular complexity index is 533. The molecule has 2 rings (SSSR count). The normalized spacial score (nSPS) is 21.9. The molecule has 0 amide bonds. The third-order valence-corrected chi connectivity index (χ3v) is 5.98. The molecule has 0 radical (unpaired) electrons. The molecule has 3 nitrogen and oxygen atoms in total. The zero-order valence-electron chi connectivity index (χ0n) is 9.06. The molecule has 1 aromatic rings. The maximum atomic E-state index is 11.7. The lowest BCUT2D eigenvalue weighted by Crippen LogP contribution is -2.29. The first-order valence-corrected chi connectivity index (χ1v) is 8.59. The van der Waals surface area contributed by atoms with Crippen LogP contribution in [0.5, 0.6) is 0 Å². The van der Waals surface area contributed by atoms with Crippen LogP contribution in [0.2, 0.25) is 10.0 Å². The standard InChI is InChI=1S/C10H11Cl2NO2S2/c1-17(14,15)13-5-6-16-10(13)7-3-2-4-8(11)9(7)12/h2-4,10H,5-6H2,1H3/t10-/m1/s1. The molecule has 0 aliphatic carbocycles. The highest BCUT2D eigenvalue weighted by atomic mass is 35.5. The van der Waals surface area contributed by atoms with Crippen LogP contribution in [-0.4, -0.2) is 31.3 Å². The van der Waals surface area contributed by atoms with Crippen LogP contribution in [0, 0.1) is 0 Å². The molecule has 1 aromatic carbocycles. The first-order chi connectivity index (χ1) is 7.91. The zero-order valence-corrected chi connectivity index (χ0v) is 12.2. The van der Waals surface area contributed by atoms with E-state index in [4.69, 9.17) is 23.2 Å². The Morgan fingerprint density at radius 1 is 1.41 bits per heavy atom. The van der Waals surface area contributed by atoms with Gasteiger partial charge in [0.15, 0.2) is 0 Å². The van der Waals surface area contributed by atoms with E-state index in [1.54, 1.807) is 23.9 Å². The zero-order chi connectivity index (χ0) is 12.6. The summed E-state index contributed by atoms with van der Waals surface area (Å²) in [7, 11) is -3.22. The van der Waals surface area contributed by atoms with Crippen molar-refractivity contribution in [2.75, 3.05) is 18.6 Å². The van der Waals surface area contributed by atoms with Gasteiger partial charge in [-0.3, -0.25) is 0 Å². The molecule has 1 heterocycles. The molecular formula is C10H11Cl2NO2S2. The van der Waals surface area contributed by atoms with E-state index in [-0.39, 0.29) is 5.37 Å². The molecule has 0 N–H and O–H groups in total. The van der Waals surface area contributed by atoms with Crippen molar-refractivity contribution in [1.29, 1.82) is 0 Å². The van der Waals surface area contributed by atoms with Crippen LogP contribution in [0.25, 0.3) is 0 Å². The molecule has 0 aromatic heterocycles. The second kappa shape index (κ2) is 4.97. The van der Waals surface area contributed by atoms with Crippen molar-refractivity contribution in [3.8, 4) is 0 Å². The Hall–Kier alpha value is 0.0600. The highest BCUT2D eigenvalue weighted by Crippen LogP contribution is 2.43. The minimum atomic E-state index is -3.22. The smallest absolute Gasteiger partial charge is 0.212 e. The summed E-state index contributed by atoms with van der Waals surface area (Å²) in [5, 5.41) is 0.614. The third kappa shape index (κ3) is 2.74. The minimum absolute atomic E-state index is 0.267. The molecule has 94 valence electrons. The van der Waals surface area contributed by atoms with Crippen molar-refractivity contribution in [3.63, 3.8) is 0 Å². The highest BCUT2D eigenvalue weighted by Gasteiger charge is 2.34. The van der Waals surface area contributed by atoms with Crippen molar-refractivity contribution in [2.24, 2.45) is 0 Å². The van der Waals surface area contributed by atoms with Gasteiger partial charge < -0.3 is 0 Å². The highest BCUT2D eigenvalue weighted by molar-refractivity contribution is 8.00. The fourth-order valence-corrected chi connectivity index (χ4v) is 5.05. The lowest BCUT2D eigenvalue weighted by molar-refractivity contribution is 0.439. The van der Waals surface area contributed by atoms with Gasteiger partial charge >= 0.3 is 0 Å². The summed E-state index contributed by atoms with van der Waals surface area (Å²) >= 11 is 13.6. The van der Waals surface area contributed by atoms with E-state index in [1.165, 1.54) is 10.6 Å². The van der Waals surface area contributed by atoms with Crippen molar-refractivity contribution in [1.82, 2.24) is 4.31 Å². The summed E-state index contributed by atoms with van der Waals surface area (Å²) in [6.45, 7) is 0.511. The molecule has 1 aliphatic rings. The Morgan fingerprint density at radius 2 is 2.12 bits per heavy atom. The SMILES string of the molecule is CS(=O)(=O)N1CCS[C@@H]1c1cccc(Cl)c1Cl. The third-order valence-electron chi connectivity index (χ3n) is 2.52. The van der Waals surface area contributed by atoms with Gasteiger partial charge in [0, 0.05) is 17.9 Å². The van der Waals surface area contributed by atoms with Gasteiger partial charge in [-0.2, -0.15) is 4.31 Å². The van der Waals surface area contributed by atoms with Crippen molar-refractivity contribution < 1.29 is 8.42 Å². The molecule has 17 heavy (non-hydrogen) atoms. The number of nitrogens with zero attached hydrogens (tertiary/aromatic N) is 1. The van der Waals surface area contributed by atoms with Crippen LogP contribution in [0.3, 0.4) is 0 Å². The number of thioether (sulfide) groups is 1. The van der Waals surface area contributed by atoms with Gasteiger partial charge in [-0.25, -0.2) is 8.42 Å². The van der Waals surface area contributed by atoms with Crippen molar-refractivity contribution in [3.05, 3.63) is 33.8 Å². The number of hydrogen-bond acceptors (Lipinski definition) is 3. The van der Waals surface area contributed by atoms with Crippen LogP contribution < -0.4 is 0 Å². The molecule has 1 fully saturated rings. The van der Waals surface area contributed by atoms with E-state index in [9.17, 15) is 8.42 Å². The van der Waals surface area contributed by atoms with Crippen LogP contribution in [0.1, 0.15) is 10.9 Å². The van der Waals surface area contributed by atoms with Gasteiger partial charge in [-0.05, 0) is 6.07 Å². The minimum Gasteiger partial charge on any atom is -0.212 e. The molecule has 0 bridgehead atoms. The summed E-state index contributed by atoms with van der Waals surface area (Å²) < 4.78 is 24.8. The lowest BCUT2D eigenvalue weighted by atomic mass is 10.2. The van der Waals surface area contributed by atoms with Gasteiger partial charge in [0.2, 0.25) is 10.0 Å². The number of sulfonamides is 1. The second-order valence-electron chi connectivity index (χ2n) is 3.74. The van der Waals surface area contributed by atoms with E-state index in [1.807, 2.05) is 6.07 Å². The molecule has 0 unspecified atom stereocenters. The van der Waals surface area contributed by atoms with Crippen LogP contribution in [0.4, 0.5) is 0 Å². The Labute approximate surface area is 115 Å². The molecule has 1 saturated heterocycles. The monoisotopic (exact) mass is 311 g/mol. The molecule has 0 spiro atoms. The summed E-state index contributed by atoms with van der Waals surface area (Å²) in [6, 6.07) is 5.29. The average molecular weight is 312 g/mol. The summed E-state index contributed by atoms with van der Waals surface area (Å²) in [5.74, 6) is 0.764. The fourth-order valence-electron chi connectivity index (χ4n) is 1.75. The molecule has 0 saturated carbocycles. The average Bonchev–Trinajstić information content (AvgIpc) is 2.70. The lowest BCUT2D eigenvalue weighted by Gasteiger charge is -2.22. The van der Waals surface area contributed by atoms with E-state index < -0.39 is 10.0 Å². The quantitative estimate of drug-likeness (QED) is 0.842. The summed E-state index contributed by atoms with van der Waals surface area (Å²) in [6.07, 6.45) is 1.21. The van der Waals surface area contributed by atoms with Gasteiger partial charge in [-0.1, -0.05) is 35.3 Å². The van der Waals surface area contributed by atoms with Crippen molar-refractivity contribution in [2.45, 2.75) is 5.37 Å². The Balaban J connectivity index is 2.43. The molecule has 7 heteroatoms.